The number of hydrogen-bond acceptors (Lipinski definition) is 2. The Bertz CT molecular complexity index is 177. The van der Waals surface area contributed by atoms with Crippen molar-refractivity contribution in [2.45, 2.75) is 38.1 Å². The van der Waals surface area contributed by atoms with E-state index < -0.39 is 5.91 Å². The number of nitriles is 1. The van der Waals surface area contributed by atoms with Crippen LogP contribution < -0.4 is 5.32 Å². The number of nitrogens with one attached hydrogen (secondary N) is 1. The van der Waals surface area contributed by atoms with Crippen molar-refractivity contribution < 1.29 is 4.79 Å². The summed E-state index contributed by atoms with van der Waals surface area (Å²) in [6.45, 7) is 0. The molecular weight excluding hydrogens is 140 g/mol. The van der Waals surface area contributed by atoms with Gasteiger partial charge in [-0.25, -0.2) is 0 Å². The van der Waals surface area contributed by atoms with Crippen LogP contribution in [0.2, 0.25) is 0 Å². The van der Waals surface area contributed by atoms with Crippen LogP contribution in [0.15, 0.2) is 0 Å². The Morgan fingerprint density at radius 3 is 2.55 bits per heavy atom. The molecule has 1 rings (SSSR count). The molecule has 1 aliphatic carbocycles. The molecule has 0 spiro atoms. The topological polar surface area (TPSA) is 52.9 Å². The molecule has 0 aliphatic heterocycles. The number of hydrogen-bond donors (Lipinski definition) is 1. The third-order valence-corrected chi connectivity index (χ3v) is 2.04. The summed E-state index contributed by atoms with van der Waals surface area (Å²) in [7, 11) is 0. The van der Waals surface area contributed by atoms with Gasteiger partial charge >= 0.3 is 5.91 Å². The normalized spacial score (nSPS) is 18.8. The molecule has 0 heterocycles. The fraction of sp³-hybridized carbons (Fsp3) is 0.750. The molecule has 0 aromatic heterocycles. The smallest absolute Gasteiger partial charge is 0.322 e. The van der Waals surface area contributed by atoms with Crippen molar-refractivity contribution in [3.8, 4) is 6.07 Å². The molecule has 1 saturated carbocycles. The van der Waals surface area contributed by atoms with Crippen molar-refractivity contribution >= 4 is 5.91 Å². The van der Waals surface area contributed by atoms with Crippen molar-refractivity contribution in [1.29, 1.82) is 5.26 Å². The van der Waals surface area contributed by atoms with Gasteiger partial charge < -0.3 is 5.32 Å². The molecule has 0 unspecified atom stereocenters. The molecule has 0 aromatic carbocycles. The Hall–Kier alpha value is -1.04. The van der Waals surface area contributed by atoms with E-state index in [-0.39, 0.29) is 6.04 Å². The minimum Gasteiger partial charge on any atom is -0.341 e. The van der Waals surface area contributed by atoms with E-state index in [2.05, 4.69) is 5.32 Å². The maximum atomic E-state index is 10.6. The molecule has 0 radical (unpaired) electrons. The molecular formula is C8H12N2O. The first-order chi connectivity index (χ1) is 5.33. The quantitative estimate of drug-likeness (QED) is 0.569. The molecule has 1 N–H and O–H groups in total. The van der Waals surface area contributed by atoms with Crippen LogP contribution in [0.1, 0.15) is 32.1 Å². The highest BCUT2D eigenvalue weighted by Gasteiger charge is 2.14. The minimum absolute atomic E-state index is 0.260. The largest absolute Gasteiger partial charge is 0.341 e. The van der Waals surface area contributed by atoms with Crippen LogP contribution in [-0.4, -0.2) is 11.9 Å². The van der Waals surface area contributed by atoms with Crippen LogP contribution in [0, 0.1) is 11.3 Å². The highest BCUT2D eigenvalue weighted by atomic mass is 16.1. The van der Waals surface area contributed by atoms with Gasteiger partial charge in [0, 0.05) is 6.04 Å². The summed E-state index contributed by atoms with van der Waals surface area (Å²) in [4.78, 5) is 10.6. The predicted octanol–water partition coefficient (Wildman–Crippen LogP) is 0.959. The maximum absolute atomic E-state index is 10.6. The van der Waals surface area contributed by atoms with Crippen LogP contribution in [-0.2, 0) is 4.79 Å². The highest BCUT2D eigenvalue weighted by molar-refractivity contribution is 5.91. The molecule has 0 bridgehead atoms. The van der Waals surface area contributed by atoms with Gasteiger partial charge in [0.1, 0.15) is 0 Å². The van der Waals surface area contributed by atoms with Crippen LogP contribution >= 0.6 is 0 Å². The first kappa shape index (κ1) is 8.06. The molecule has 60 valence electrons. The van der Waals surface area contributed by atoms with Gasteiger partial charge in [-0.05, 0) is 12.8 Å². The van der Waals surface area contributed by atoms with Crippen LogP contribution in [0.3, 0.4) is 0 Å². The van der Waals surface area contributed by atoms with Gasteiger partial charge in [-0.2, -0.15) is 5.26 Å². The fourth-order valence-corrected chi connectivity index (χ4v) is 1.46. The Morgan fingerprint density at radius 1 is 1.36 bits per heavy atom. The molecule has 1 fully saturated rings. The monoisotopic (exact) mass is 152 g/mol. The lowest BCUT2D eigenvalue weighted by atomic mass is 9.95. The Balaban J connectivity index is 2.25. The number of amides is 1. The van der Waals surface area contributed by atoms with Crippen LogP contribution in [0.25, 0.3) is 0 Å². The summed E-state index contributed by atoms with van der Waals surface area (Å²) in [6, 6.07) is 1.82. The number of carbonyl (C=O) groups is 1. The summed E-state index contributed by atoms with van der Waals surface area (Å²) >= 11 is 0. The Labute approximate surface area is 66.4 Å². The number of carbonyl (C=O) groups excluding carboxylic acids is 1. The van der Waals surface area contributed by atoms with Gasteiger partial charge in [-0.3, -0.25) is 4.79 Å². The summed E-state index contributed by atoms with van der Waals surface area (Å²) in [5.74, 6) is -0.489. The van der Waals surface area contributed by atoms with E-state index in [4.69, 9.17) is 5.26 Å². The molecule has 1 amide bonds. The van der Waals surface area contributed by atoms with Crippen molar-refractivity contribution in [2.75, 3.05) is 0 Å². The average molecular weight is 152 g/mol. The molecule has 1 aliphatic rings. The van der Waals surface area contributed by atoms with E-state index >= 15 is 0 Å². The van der Waals surface area contributed by atoms with Crippen molar-refractivity contribution in [3.05, 3.63) is 0 Å². The van der Waals surface area contributed by atoms with E-state index in [1.807, 2.05) is 0 Å². The van der Waals surface area contributed by atoms with E-state index in [1.54, 1.807) is 6.07 Å². The fourth-order valence-electron chi connectivity index (χ4n) is 1.46. The van der Waals surface area contributed by atoms with Gasteiger partial charge in [0.05, 0.1) is 0 Å². The molecule has 3 nitrogen and oxygen atoms in total. The lowest BCUT2D eigenvalue weighted by Gasteiger charge is -2.20. The molecule has 0 saturated heterocycles. The Morgan fingerprint density at radius 2 is 2.00 bits per heavy atom. The standard InChI is InChI=1S/C8H12N2O/c9-6-8(11)10-7-4-2-1-3-5-7/h7H,1-5H2,(H,10,11). The van der Waals surface area contributed by atoms with E-state index in [0.29, 0.717) is 0 Å². The average Bonchev–Trinajstić information content (AvgIpc) is 2.06. The SMILES string of the molecule is N#CC(=O)NC1CCCCC1. The molecule has 11 heavy (non-hydrogen) atoms. The van der Waals surface area contributed by atoms with Gasteiger partial charge in [0.15, 0.2) is 6.07 Å². The highest BCUT2D eigenvalue weighted by Crippen LogP contribution is 2.16. The van der Waals surface area contributed by atoms with Gasteiger partial charge in [0.2, 0.25) is 0 Å². The molecule has 0 atom stereocenters. The zero-order valence-electron chi connectivity index (χ0n) is 6.47. The number of rotatable bonds is 1. The van der Waals surface area contributed by atoms with Crippen molar-refractivity contribution in [1.82, 2.24) is 5.32 Å². The van der Waals surface area contributed by atoms with E-state index in [0.717, 1.165) is 12.8 Å². The first-order valence-corrected chi connectivity index (χ1v) is 4.03. The third-order valence-electron chi connectivity index (χ3n) is 2.04. The molecule has 0 aromatic rings. The summed E-state index contributed by atoms with van der Waals surface area (Å²) < 4.78 is 0. The molecule has 3 heteroatoms. The first-order valence-electron chi connectivity index (χ1n) is 4.03. The zero-order valence-corrected chi connectivity index (χ0v) is 6.47. The van der Waals surface area contributed by atoms with Crippen molar-refractivity contribution in [2.24, 2.45) is 0 Å². The van der Waals surface area contributed by atoms with Gasteiger partial charge in [-0.15, -0.1) is 0 Å². The summed E-state index contributed by atoms with van der Waals surface area (Å²) in [5.41, 5.74) is 0. The maximum Gasteiger partial charge on any atom is 0.322 e. The third kappa shape index (κ3) is 2.58. The minimum atomic E-state index is -0.489. The lowest BCUT2D eigenvalue weighted by molar-refractivity contribution is -0.116. The van der Waals surface area contributed by atoms with Gasteiger partial charge in [-0.1, -0.05) is 19.3 Å². The summed E-state index contributed by atoms with van der Waals surface area (Å²) in [6.07, 6.45) is 5.69. The van der Waals surface area contributed by atoms with Crippen molar-refractivity contribution in [3.63, 3.8) is 0 Å². The van der Waals surface area contributed by atoms with Crippen LogP contribution in [0.5, 0.6) is 0 Å². The summed E-state index contributed by atoms with van der Waals surface area (Å²) in [5, 5.41) is 10.9. The predicted molar refractivity (Wildman–Crippen MR) is 40.6 cm³/mol. The Kier molecular flexibility index (Phi) is 2.91. The van der Waals surface area contributed by atoms with E-state index in [9.17, 15) is 4.79 Å². The van der Waals surface area contributed by atoms with Gasteiger partial charge in [0.25, 0.3) is 0 Å². The van der Waals surface area contributed by atoms with Crippen LogP contribution in [0.4, 0.5) is 0 Å². The lowest BCUT2D eigenvalue weighted by Crippen LogP contribution is -2.35. The van der Waals surface area contributed by atoms with E-state index in [1.165, 1.54) is 19.3 Å². The number of nitrogens with zero attached hydrogens (tertiary/aromatic N) is 1. The second-order valence-corrected chi connectivity index (χ2v) is 2.92. The second kappa shape index (κ2) is 3.97. The second-order valence-electron chi connectivity index (χ2n) is 2.92. The zero-order chi connectivity index (χ0) is 8.10.